The molecule has 0 spiro atoms. The largest absolute Gasteiger partial charge is 0.394 e. The molecule has 1 amide bonds. The van der Waals surface area contributed by atoms with E-state index >= 15 is 0 Å². The molecule has 0 radical (unpaired) electrons. The van der Waals surface area contributed by atoms with Gasteiger partial charge in [0.25, 0.3) is 0 Å². The molecule has 4 nitrogen and oxygen atoms in total. The number of aliphatic hydroxyl groups excluding tert-OH is 2. The Morgan fingerprint density at radius 3 is 1.14 bits per heavy atom. The van der Waals surface area contributed by atoms with Crippen LogP contribution < -0.4 is 5.32 Å². The summed E-state index contributed by atoms with van der Waals surface area (Å²) in [6.45, 7) is 4.23. The van der Waals surface area contributed by atoms with Gasteiger partial charge >= 0.3 is 0 Å². The lowest BCUT2D eigenvalue weighted by atomic mass is 10.0. The summed E-state index contributed by atoms with van der Waals surface area (Å²) in [6.07, 6.45) is 72.1. The van der Waals surface area contributed by atoms with Crippen LogP contribution in [0.25, 0.3) is 0 Å². The van der Waals surface area contributed by atoms with Gasteiger partial charge in [0.1, 0.15) is 0 Å². The SMILES string of the molecule is CC/C=C\C/C=C\C/C=C\C/C=C\C/C=C\C/C=C\C/C=C\C/C=C\CCCCCCCCCCC(=O)NC(CO)C(O)CCCCCCCCCCCCCCC. The molecular weight excluding hydrogens is 711 g/mol. The van der Waals surface area contributed by atoms with Gasteiger partial charge in [-0.1, -0.05) is 233 Å². The van der Waals surface area contributed by atoms with Gasteiger partial charge in [-0.15, -0.1) is 0 Å². The topological polar surface area (TPSA) is 69.6 Å². The van der Waals surface area contributed by atoms with Gasteiger partial charge < -0.3 is 15.5 Å². The molecule has 0 aromatic carbocycles. The standard InChI is InChI=1S/C54H93NO3/c1-3-5-7-9-11-13-15-17-18-19-20-21-22-23-24-25-26-27-28-29-30-31-32-33-34-35-36-38-40-42-44-46-48-50-54(58)55-52(51-56)53(57)49-47-45-43-41-39-37-16-14-12-10-8-6-4-2/h5,7,11,13,17-18,20-21,23-24,26-27,29-30,32-33,52-53,56-57H,3-4,6,8-10,12,14-16,19,22,25,28,31,34-51H2,1-2H3,(H,55,58)/b7-5-,13-11-,18-17-,21-20-,24-23-,27-26-,30-29-,33-32-. The Balaban J connectivity index is 3.60. The summed E-state index contributed by atoms with van der Waals surface area (Å²) in [6, 6.07) is -0.546. The molecule has 0 bridgehead atoms. The fourth-order valence-corrected chi connectivity index (χ4v) is 6.90. The molecule has 0 aliphatic carbocycles. The predicted octanol–water partition coefficient (Wildman–Crippen LogP) is 15.8. The first-order chi connectivity index (χ1) is 28.7. The second-order valence-corrected chi connectivity index (χ2v) is 16.2. The maximum Gasteiger partial charge on any atom is 0.220 e. The number of unbranched alkanes of at least 4 members (excludes halogenated alkanes) is 20. The van der Waals surface area contributed by atoms with E-state index < -0.39 is 12.1 Å². The summed E-state index contributed by atoms with van der Waals surface area (Å²) in [4.78, 5) is 12.4. The van der Waals surface area contributed by atoms with Crippen LogP contribution in [0.3, 0.4) is 0 Å². The summed E-state index contributed by atoms with van der Waals surface area (Å²) < 4.78 is 0. The van der Waals surface area contributed by atoms with Crippen molar-refractivity contribution < 1.29 is 15.0 Å². The average Bonchev–Trinajstić information content (AvgIpc) is 3.23. The van der Waals surface area contributed by atoms with Gasteiger partial charge in [-0.05, 0) is 77.0 Å². The first-order valence-electron chi connectivity index (χ1n) is 24.4. The van der Waals surface area contributed by atoms with Crippen LogP contribution in [0.4, 0.5) is 0 Å². The van der Waals surface area contributed by atoms with E-state index in [4.69, 9.17) is 0 Å². The lowest BCUT2D eigenvalue weighted by molar-refractivity contribution is -0.123. The van der Waals surface area contributed by atoms with Gasteiger partial charge in [-0.2, -0.15) is 0 Å². The Labute approximate surface area is 360 Å². The summed E-state index contributed by atoms with van der Waals surface area (Å²) in [5.74, 6) is -0.0445. The lowest BCUT2D eigenvalue weighted by Crippen LogP contribution is -2.45. The number of carbonyl (C=O) groups is 1. The summed E-state index contributed by atoms with van der Waals surface area (Å²) in [5.41, 5.74) is 0. The number of nitrogens with one attached hydrogen (secondary N) is 1. The van der Waals surface area contributed by atoms with Gasteiger partial charge in [0.2, 0.25) is 5.91 Å². The minimum absolute atomic E-state index is 0.0445. The minimum atomic E-state index is -0.668. The van der Waals surface area contributed by atoms with Crippen molar-refractivity contribution in [2.24, 2.45) is 0 Å². The molecule has 58 heavy (non-hydrogen) atoms. The molecule has 0 saturated heterocycles. The van der Waals surface area contributed by atoms with E-state index in [1.807, 2.05) is 0 Å². The monoisotopic (exact) mass is 804 g/mol. The summed E-state index contributed by atoms with van der Waals surface area (Å²) in [5, 5.41) is 23.2. The molecule has 2 atom stereocenters. The third-order valence-corrected chi connectivity index (χ3v) is 10.6. The third-order valence-electron chi connectivity index (χ3n) is 10.6. The maximum absolute atomic E-state index is 12.4. The molecule has 0 aliphatic rings. The summed E-state index contributed by atoms with van der Waals surface area (Å²) in [7, 11) is 0. The van der Waals surface area contributed by atoms with E-state index in [2.05, 4.69) is 116 Å². The van der Waals surface area contributed by atoms with Gasteiger partial charge in [0.15, 0.2) is 0 Å². The van der Waals surface area contributed by atoms with E-state index in [1.165, 1.54) is 116 Å². The molecule has 332 valence electrons. The first kappa shape index (κ1) is 55.3. The van der Waals surface area contributed by atoms with E-state index in [9.17, 15) is 15.0 Å². The molecular formula is C54H93NO3. The minimum Gasteiger partial charge on any atom is -0.394 e. The normalized spacial score (nSPS) is 13.8. The zero-order valence-corrected chi connectivity index (χ0v) is 38.0. The highest BCUT2D eigenvalue weighted by molar-refractivity contribution is 5.76. The molecule has 0 aliphatic heterocycles. The Morgan fingerprint density at radius 1 is 0.431 bits per heavy atom. The highest BCUT2D eigenvalue weighted by Crippen LogP contribution is 2.15. The molecule has 4 heteroatoms. The quantitative estimate of drug-likeness (QED) is 0.0425. The number of carbonyl (C=O) groups excluding carboxylic acids is 1. The third kappa shape index (κ3) is 44.4. The van der Waals surface area contributed by atoms with Crippen molar-refractivity contribution in [2.45, 2.75) is 231 Å². The Hall–Kier alpha value is -2.69. The molecule has 0 fully saturated rings. The van der Waals surface area contributed by atoms with Gasteiger partial charge in [-0.3, -0.25) is 4.79 Å². The van der Waals surface area contributed by atoms with Crippen LogP contribution >= 0.6 is 0 Å². The molecule has 2 unspecified atom stereocenters. The maximum atomic E-state index is 12.4. The molecule has 0 rings (SSSR count). The van der Waals surface area contributed by atoms with Crippen molar-refractivity contribution >= 4 is 5.91 Å². The summed E-state index contributed by atoms with van der Waals surface area (Å²) >= 11 is 0. The number of hydrogen-bond acceptors (Lipinski definition) is 3. The van der Waals surface area contributed by atoms with Crippen LogP contribution in [0.15, 0.2) is 97.2 Å². The number of allylic oxidation sites excluding steroid dienone is 16. The second kappa shape index (κ2) is 48.7. The van der Waals surface area contributed by atoms with Crippen LogP contribution in [0.1, 0.15) is 219 Å². The number of hydrogen-bond donors (Lipinski definition) is 3. The predicted molar refractivity (Wildman–Crippen MR) is 257 cm³/mol. The highest BCUT2D eigenvalue weighted by atomic mass is 16.3. The Bertz CT molecular complexity index is 1090. The second-order valence-electron chi connectivity index (χ2n) is 16.2. The van der Waals surface area contributed by atoms with Gasteiger partial charge in [0, 0.05) is 6.42 Å². The van der Waals surface area contributed by atoms with E-state index in [0.29, 0.717) is 12.8 Å². The Kier molecular flexibility index (Phi) is 46.4. The van der Waals surface area contributed by atoms with Crippen molar-refractivity contribution in [1.29, 1.82) is 0 Å². The zero-order chi connectivity index (χ0) is 42.1. The van der Waals surface area contributed by atoms with Crippen molar-refractivity contribution in [1.82, 2.24) is 5.32 Å². The molecule has 0 heterocycles. The number of amides is 1. The Morgan fingerprint density at radius 2 is 0.759 bits per heavy atom. The van der Waals surface area contributed by atoms with Crippen molar-refractivity contribution in [3.8, 4) is 0 Å². The van der Waals surface area contributed by atoms with E-state index in [0.717, 1.165) is 77.0 Å². The molecule has 0 aromatic heterocycles. The first-order valence-corrected chi connectivity index (χ1v) is 24.4. The van der Waals surface area contributed by atoms with Crippen molar-refractivity contribution in [3.05, 3.63) is 97.2 Å². The van der Waals surface area contributed by atoms with Crippen molar-refractivity contribution in [2.75, 3.05) is 6.61 Å². The van der Waals surface area contributed by atoms with Crippen LogP contribution in [-0.4, -0.2) is 34.9 Å². The van der Waals surface area contributed by atoms with Crippen LogP contribution in [0.5, 0.6) is 0 Å². The smallest absolute Gasteiger partial charge is 0.220 e. The van der Waals surface area contributed by atoms with Crippen molar-refractivity contribution in [3.63, 3.8) is 0 Å². The number of aliphatic hydroxyl groups is 2. The van der Waals surface area contributed by atoms with E-state index in [-0.39, 0.29) is 12.5 Å². The van der Waals surface area contributed by atoms with E-state index in [1.54, 1.807) is 0 Å². The molecule has 0 aromatic rings. The fraction of sp³-hybridized carbons (Fsp3) is 0.685. The average molecular weight is 804 g/mol. The number of rotatable bonds is 43. The highest BCUT2D eigenvalue weighted by Gasteiger charge is 2.20. The van der Waals surface area contributed by atoms with Crippen LogP contribution in [0.2, 0.25) is 0 Å². The van der Waals surface area contributed by atoms with Gasteiger partial charge in [-0.25, -0.2) is 0 Å². The van der Waals surface area contributed by atoms with Gasteiger partial charge in [0.05, 0.1) is 18.8 Å². The fourth-order valence-electron chi connectivity index (χ4n) is 6.90. The zero-order valence-electron chi connectivity index (χ0n) is 38.0. The lowest BCUT2D eigenvalue weighted by Gasteiger charge is -2.22. The molecule has 3 N–H and O–H groups in total. The van der Waals surface area contributed by atoms with Crippen LogP contribution in [0, 0.1) is 0 Å². The molecule has 0 saturated carbocycles. The van der Waals surface area contributed by atoms with Crippen LogP contribution in [-0.2, 0) is 4.79 Å².